The first kappa shape index (κ1) is 17.3. The van der Waals surface area contributed by atoms with Gasteiger partial charge in [0.15, 0.2) is 0 Å². The number of benzene rings is 1. The summed E-state index contributed by atoms with van der Waals surface area (Å²) >= 11 is 0. The van der Waals surface area contributed by atoms with Crippen molar-refractivity contribution < 1.29 is 13.6 Å². The van der Waals surface area contributed by atoms with Gasteiger partial charge in [0, 0.05) is 38.3 Å². The summed E-state index contributed by atoms with van der Waals surface area (Å²) in [6.07, 6.45) is 0.234. The van der Waals surface area contributed by atoms with E-state index in [4.69, 9.17) is 0 Å². The molecule has 0 saturated carbocycles. The van der Waals surface area contributed by atoms with E-state index in [1.807, 2.05) is 24.3 Å². The summed E-state index contributed by atoms with van der Waals surface area (Å²) in [6.45, 7) is 5.12. The van der Waals surface area contributed by atoms with E-state index in [9.17, 15) is 13.6 Å². The van der Waals surface area contributed by atoms with Crippen molar-refractivity contribution in [1.29, 1.82) is 0 Å². The molecule has 1 aromatic rings. The van der Waals surface area contributed by atoms with Crippen LogP contribution >= 0.6 is 0 Å². The Balaban J connectivity index is 1.51. The minimum Gasteiger partial charge on any atom is -0.336 e. The Morgan fingerprint density at radius 3 is 2.12 bits per heavy atom. The van der Waals surface area contributed by atoms with Crippen LogP contribution in [-0.2, 0) is 6.54 Å². The average Bonchev–Trinajstić information content (AvgIpc) is 3.08. The standard InChI is InChI=1S/C18H25F2N3O/c19-17(20)14-22-9-11-23(12-10-22)18(24)16-5-3-15(4-6-16)13-21-7-1-2-8-21/h3-6,17H,1-2,7-14H2. The van der Waals surface area contributed by atoms with E-state index in [-0.39, 0.29) is 12.5 Å². The third kappa shape index (κ3) is 4.51. The van der Waals surface area contributed by atoms with Gasteiger partial charge in [-0.3, -0.25) is 14.6 Å². The maximum absolute atomic E-state index is 12.5. The molecule has 4 nitrogen and oxygen atoms in total. The molecule has 2 fully saturated rings. The van der Waals surface area contributed by atoms with Crippen LogP contribution in [0.5, 0.6) is 0 Å². The molecule has 2 saturated heterocycles. The second-order valence-electron chi connectivity index (χ2n) is 6.66. The lowest BCUT2D eigenvalue weighted by molar-refractivity contribution is 0.0459. The van der Waals surface area contributed by atoms with Crippen LogP contribution in [0.3, 0.4) is 0 Å². The Morgan fingerprint density at radius 2 is 1.54 bits per heavy atom. The first-order valence-corrected chi connectivity index (χ1v) is 8.73. The summed E-state index contributed by atoms with van der Waals surface area (Å²) in [5.74, 6) is -0.000538. The Labute approximate surface area is 142 Å². The van der Waals surface area contributed by atoms with Crippen molar-refractivity contribution in [3.8, 4) is 0 Å². The number of amides is 1. The van der Waals surface area contributed by atoms with Gasteiger partial charge in [-0.25, -0.2) is 8.78 Å². The molecule has 0 aliphatic carbocycles. The predicted octanol–water partition coefficient (Wildman–Crippen LogP) is 2.31. The van der Waals surface area contributed by atoms with E-state index < -0.39 is 6.43 Å². The summed E-state index contributed by atoms with van der Waals surface area (Å²) < 4.78 is 24.8. The first-order valence-electron chi connectivity index (χ1n) is 8.73. The maximum Gasteiger partial charge on any atom is 0.253 e. The van der Waals surface area contributed by atoms with Crippen LogP contribution in [0, 0.1) is 0 Å². The fourth-order valence-electron chi connectivity index (χ4n) is 3.46. The summed E-state index contributed by atoms with van der Waals surface area (Å²) in [5.41, 5.74) is 1.91. The number of halogens is 2. The van der Waals surface area contributed by atoms with Crippen molar-refractivity contribution >= 4 is 5.91 Å². The number of hydrogen-bond donors (Lipinski definition) is 0. The van der Waals surface area contributed by atoms with E-state index in [2.05, 4.69) is 4.90 Å². The van der Waals surface area contributed by atoms with Crippen molar-refractivity contribution in [2.45, 2.75) is 25.8 Å². The van der Waals surface area contributed by atoms with Crippen molar-refractivity contribution in [3.63, 3.8) is 0 Å². The second kappa shape index (κ2) is 8.03. The van der Waals surface area contributed by atoms with Gasteiger partial charge in [-0.2, -0.15) is 0 Å². The third-order valence-electron chi connectivity index (χ3n) is 4.86. The van der Waals surface area contributed by atoms with Crippen molar-refractivity contribution in [3.05, 3.63) is 35.4 Å². The zero-order valence-electron chi connectivity index (χ0n) is 14.0. The van der Waals surface area contributed by atoms with E-state index in [0.29, 0.717) is 31.7 Å². The Hall–Kier alpha value is -1.53. The van der Waals surface area contributed by atoms with Crippen LogP contribution in [0.4, 0.5) is 8.78 Å². The van der Waals surface area contributed by atoms with E-state index in [0.717, 1.165) is 19.6 Å². The molecule has 2 heterocycles. The molecular formula is C18H25F2N3O. The molecule has 3 rings (SSSR count). The molecular weight excluding hydrogens is 312 g/mol. The molecule has 2 aliphatic rings. The lowest BCUT2D eigenvalue weighted by Crippen LogP contribution is -2.49. The Bertz CT molecular complexity index is 536. The molecule has 0 aromatic heterocycles. The summed E-state index contributed by atoms with van der Waals surface area (Å²) in [5, 5.41) is 0. The van der Waals surface area contributed by atoms with Crippen molar-refractivity contribution in [2.24, 2.45) is 0 Å². The molecule has 6 heteroatoms. The van der Waals surface area contributed by atoms with Gasteiger partial charge >= 0.3 is 0 Å². The molecule has 0 atom stereocenters. The molecule has 0 bridgehead atoms. The largest absolute Gasteiger partial charge is 0.336 e. The number of rotatable bonds is 5. The van der Waals surface area contributed by atoms with Gasteiger partial charge in [-0.05, 0) is 43.6 Å². The van der Waals surface area contributed by atoms with Crippen LogP contribution in [0.1, 0.15) is 28.8 Å². The number of carbonyl (C=O) groups excluding carboxylic acids is 1. The van der Waals surface area contributed by atoms with Crippen LogP contribution in [0.25, 0.3) is 0 Å². The smallest absolute Gasteiger partial charge is 0.253 e. The molecule has 132 valence electrons. The average molecular weight is 337 g/mol. The molecule has 2 aliphatic heterocycles. The minimum absolute atomic E-state index is 0.000538. The number of nitrogens with zero attached hydrogens (tertiary/aromatic N) is 3. The summed E-state index contributed by atoms with van der Waals surface area (Å²) in [6, 6.07) is 7.83. The number of likely N-dealkylation sites (tertiary alicyclic amines) is 1. The van der Waals surface area contributed by atoms with Gasteiger partial charge in [0.05, 0.1) is 6.54 Å². The van der Waals surface area contributed by atoms with E-state index >= 15 is 0 Å². The van der Waals surface area contributed by atoms with Crippen LogP contribution in [-0.4, -0.2) is 72.8 Å². The molecule has 24 heavy (non-hydrogen) atoms. The fourth-order valence-corrected chi connectivity index (χ4v) is 3.46. The summed E-state index contributed by atoms with van der Waals surface area (Å²) in [4.78, 5) is 18.4. The lowest BCUT2D eigenvalue weighted by atomic mass is 10.1. The highest BCUT2D eigenvalue weighted by molar-refractivity contribution is 5.94. The van der Waals surface area contributed by atoms with Gasteiger partial charge in [-0.15, -0.1) is 0 Å². The van der Waals surface area contributed by atoms with E-state index in [1.165, 1.54) is 18.4 Å². The topological polar surface area (TPSA) is 26.8 Å². The van der Waals surface area contributed by atoms with Crippen LogP contribution in [0.2, 0.25) is 0 Å². The molecule has 0 radical (unpaired) electrons. The first-order chi connectivity index (χ1) is 11.6. The molecule has 0 N–H and O–H groups in total. The predicted molar refractivity (Wildman–Crippen MR) is 89.3 cm³/mol. The number of alkyl halides is 2. The second-order valence-corrected chi connectivity index (χ2v) is 6.66. The quantitative estimate of drug-likeness (QED) is 0.825. The van der Waals surface area contributed by atoms with Crippen molar-refractivity contribution in [1.82, 2.24) is 14.7 Å². The van der Waals surface area contributed by atoms with Gasteiger partial charge < -0.3 is 4.90 Å². The maximum atomic E-state index is 12.5. The highest BCUT2D eigenvalue weighted by atomic mass is 19.3. The molecule has 0 unspecified atom stereocenters. The van der Waals surface area contributed by atoms with Gasteiger partial charge in [-0.1, -0.05) is 12.1 Å². The van der Waals surface area contributed by atoms with Gasteiger partial charge in [0.2, 0.25) is 0 Å². The highest BCUT2D eigenvalue weighted by Gasteiger charge is 2.23. The fraction of sp³-hybridized carbons (Fsp3) is 0.611. The summed E-state index contributed by atoms with van der Waals surface area (Å²) in [7, 11) is 0. The van der Waals surface area contributed by atoms with E-state index in [1.54, 1.807) is 9.80 Å². The third-order valence-corrected chi connectivity index (χ3v) is 4.86. The Kier molecular flexibility index (Phi) is 5.79. The van der Waals surface area contributed by atoms with Crippen LogP contribution in [0.15, 0.2) is 24.3 Å². The molecule has 1 amide bonds. The zero-order chi connectivity index (χ0) is 16.9. The SMILES string of the molecule is O=C(c1ccc(CN2CCCC2)cc1)N1CCN(CC(F)F)CC1. The lowest BCUT2D eigenvalue weighted by Gasteiger charge is -2.34. The number of piperazine rings is 1. The normalized spacial score (nSPS) is 20.0. The molecule has 0 spiro atoms. The molecule has 1 aromatic carbocycles. The Morgan fingerprint density at radius 1 is 0.917 bits per heavy atom. The van der Waals surface area contributed by atoms with Crippen LogP contribution < -0.4 is 0 Å². The number of carbonyl (C=O) groups is 1. The highest BCUT2D eigenvalue weighted by Crippen LogP contribution is 2.15. The van der Waals surface area contributed by atoms with Gasteiger partial charge in [0.25, 0.3) is 12.3 Å². The number of hydrogen-bond acceptors (Lipinski definition) is 3. The minimum atomic E-state index is -2.31. The van der Waals surface area contributed by atoms with Crippen molar-refractivity contribution in [2.75, 3.05) is 45.8 Å². The van der Waals surface area contributed by atoms with Gasteiger partial charge in [0.1, 0.15) is 0 Å². The zero-order valence-corrected chi connectivity index (χ0v) is 14.0. The monoisotopic (exact) mass is 337 g/mol.